The van der Waals surface area contributed by atoms with E-state index in [1.165, 1.54) is 18.2 Å². The van der Waals surface area contributed by atoms with Crippen LogP contribution in [-0.4, -0.2) is 32.3 Å². The van der Waals surface area contributed by atoms with Gasteiger partial charge in [-0.3, -0.25) is 9.69 Å². The van der Waals surface area contributed by atoms with Gasteiger partial charge in [0.25, 0.3) is 0 Å². The molecule has 8 heteroatoms. The molecule has 1 heterocycles. The van der Waals surface area contributed by atoms with E-state index in [0.29, 0.717) is 10.5 Å². The first-order chi connectivity index (χ1) is 9.60. The fourth-order valence-electron chi connectivity index (χ4n) is 2.09. The Morgan fingerprint density at radius 2 is 2.00 bits per heavy atom. The molecular weight excluding hydrogens is 307 g/mol. The zero-order valence-corrected chi connectivity index (χ0v) is 11.8. The Labute approximate surface area is 119 Å². The first kappa shape index (κ1) is 15.6. The van der Waals surface area contributed by atoms with Crippen LogP contribution in [0.25, 0.3) is 0 Å². The van der Waals surface area contributed by atoms with Gasteiger partial charge in [-0.2, -0.15) is 13.2 Å². The molecule has 0 spiro atoms. The minimum absolute atomic E-state index is 0.0177. The van der Waals surface area contributed by atoms with Crippen LogP contribution in [0.15, 0.2) is 35.7 Å². The van der Waals surface area contributed by atoms with Crippen molar-refractivity contribution in [1.29, 1.82) is 0 Å². The highest BCUT2D eigenvalue weighted by Crippen LogP contribution is 2.29. The van der Waals surface area contributed by atoms with Crippen LogP contribution in [0.5, 0.6) is 0 Å². The maximum absolute atomic E-state index is 12.8. The summed E-state index contributed by atoms with van der Waals surface area (Å²) in [5.74, 6) is -2.64. The number of halogens is 3. The van der Waals surface area contributed by atoms with Crippen LogP contribution in [0.4, 0.5) is 18.9 Å². The van der Waals surface area contributed by atoms with Gasteiger partial charge in [0.2, 0.25) is 0 Å². The van der Waals surface area contributed by atoms with Crippen molar-refractivity contribution in [2.45, 2.75) is 19.1 Å². The number of amides is 1. The monoisotopic (exact) mass is 319 g/mol. The van der Waals surface area contributed by atoms with Crippen LogP contribution in [0.1, 0.15) is 5.56 Å². The number of nitrogens with zero attached hydrogens (tertiary/aromatic N) is 1. The van der Waals surface area contributed by atoms with E-state index in [0.717, 1.165) is 11.5 Å². The third-order valence-electron chi connectivity index (χ3n) is 2.98. The number of hydrogen-bond donors (Lipinski definition) is 0. The van der Waals surface area contributed by atoms with Crippen molar-refractivity contribution >= 4 is 21.4 Å². The van der Waals surface area contributed by atoms with Crippen molar-refractivity contribution in [2.75, 3.05) is 10.7 Å². The van der Waals surface area contributed by atoms with Crippen molar-refractivity contribution in [1.82, 2.24) is 0 Å². The third kappa shape index (κ3) is 3.44. The van der Waals surface area contributed by atoms with Crippen LogP contribution in [-0.2, 0) is 14.6 Å². The molecule has 1 amide bonds. The van der Waals surface area contributed by atoms with Crippen molar-refractivity contribution in [3.05, 3.63) is 41.3 Å². The summed E-state index contributed by atoms with van der Waals surface area (Å²) in [7, 11) is -3.58. The maximum atomic E-state index is 12.8. The van der Waals surface area contributed by atoms with Gasteiger partial charge in [-0.25, -0.2) is 8.42 Å². The van der Waals surface area contributed by atoms with Crippen LogP contribution in [0.3, 0.4) is 0 Å². The molecule has 0 N–H and O–H groups in total. The van der Waals surface area contributed by atoms with Crippen molar-refractivity contribution in [2.24, 2.45) is 0 Å². The summed E-state index contributed by atoms with van der Waals surface area (Å²) in [6.45, 7) is 1.67. The molecule has 0 saturated carbocycles. The Morgan fingerprint density at radius 1 is 1.33 bits per heavy atom. The molecule has 0 radical (unpaired) electrons. The van der Waals surface area contributed by atoms with Gasteiger partial charge in [-0.1, -0.05) is 12.1 Å². The van der Waals surface area contributed by atoms with E-state index in [1.807, 2.05) is 0 Å². The van der Waals surface area contributed by atoms with Gasteiger partial charge < -0.3 is 0 Å². The predicted octanol–water partition coefficient (Wildman–Crippen LogP) is 2.20. The SMILES string of the molecule is Cc1cccc(N(C(=O)C(F)(F)F)C2C=CS(=O)(=O)C2)c1. The fraction of sp³-hybridized carbons (Fsp3) is 0.308. The molecule has 21 heavy (non-hydrogen) atoms. The standard InChI is InChI=1S/C13H12F3NO3S/c1-9-3-2-4-10(7-9)17(12(18)13(14,15)16)11-5-6-21(19,20)8-11/h2-7,11H,8H2,1H3. The smallest absolute Gasteiger partial charge is 0.297 e. The number of carbonyl (C=O) groups is 1. The van der Waals surface area contributed by atoms with Crippen LogP contribution < -0.4 is 4.90 Å². The first-order valence-corrected chi connectivity index (χ1v) is 7.70. The second-order valence-corrected chi connectivity index (χ2v) is 6.67. The lowest BCUT2D eigenvalue weighted by Crippen LogP contribution is -2.47. The number of hydrogen-bond acceptors (Lipinski definition) is 3. The van der Waals surface area contributed by atoms with E-state index in [-0.39, 0.29) is 5.69 Å². The Kier molecular flexibility index (Phi) is 3.83. The van der Waals surface area contributed by atoms with Gasteiger partial charge in [0, 0.05) is 11.1 Å². The normalized spacial score (nSPS) is 20.5. The number of carbonyl (C=O) groups excluding carboxylic acids is 1. The summed E-state index contributed by atoms with van der Waals surface area (Å²) in [6.07, 6.45) is -3.98. The van der Waals surface area contributed by atoms with Crippen molar-refractivity contribution < 1.29 is 26.4 Å². The molecule has 114 valence electrons. The van der Waals surface area contributed by atoms with E-state index in [9.17, 15) is 26.4 Å². The summed E-state index contributed by atoms with van der Waals surface area (Å²) >= 11 is 0. The van der Waals surface area contributed by atoms with Gasteiger partial charge in [-0.15, -0.1) is 0 Å². The number of rotatable bonds is 2. The van der Waals surface area contributed by atoms with Gasteiger partial charge in [0.1, 0.15) is 0 Å². The van der Waals surface area contributed by atoms with E-state index >= 15 is 0 Å². The number of anilines is 1. The lowest BCUT2D eigenvalue weighted by molar-refractivity contribution is -0.170. The lowest BCUT2D eigenvalue weighted by Gasteiger charge is -2.28. The highest BCUT2D eigenvalue weighted by atomic mass is 32.2. The minimum Gasteiger partial charge on any atom is -0.297 e. The van der Waals surface area contributed by atoms with E-state index < -0.39 is 33.7 Å². The molecule has 1 aliphatic heterocycles. The zero-order chi connectivity index (χ0) is 15.8. The molecule has 1 atom stereocenters. The van der Waals surface area contributed by atoms with Crippen molar-refractivity contribution in [3.63, 3.8) is 0 Å². The molecule has 4 nitrogen and oxygen atoms in total. The van der Waals surface area contributed by atoms with Crippen LogP contribution in [0, 0.1) is 6.92 Å². The number of benzene rings is 1. The van der Waals surface area contributed by atoms with E-state index in [2.05, 4.69) is 0 Å². The summed E-state index contributed by atoms with van der Waals surface area (Å²) in [4.78, 5) is 12.1. The summed E-state index contributed by atoms with van der Waals surface area (Å²) < 4.78 is 61.1. The molecule has 1 aromatic rings. The van der Waals surface area contributed by atoms with Gasteiger partial charge in [0.15, 0.2) is 9.84 Å². The molecule has 1 aliphatic rings. The fourth-order valence-corrected chi connectivity index (χ4v) is 3.36. The topological polar surface area (TPSA) is 54.5 Å². The van der Waals surface area contributed by atoms with Gasteiger partial charge >= 0.3 is 12.1 Å². The average molecular weight is 319 g/mol. The second kappa shape index (κ2) is 5.18. The summed E-state index contributed by atoms with van der Waals surface area (Å²) in [5.41, 5.74) is 0.682. The largest absolute Gasteiger partial charge is 0.471 e. The Bertz CT molecular complexity index is 695. The third-order valence-corrected chi connectivity index (χ3v) is 4.36. The highest BCUT2D eigenvalue weighted by molar-refractivity contribution is 7.94. The molecule has 2 rings (SSSR count). The number of aryl methyl sites for hydroxylation is 1. The van der Waals surface area contributed by atoms with E-state index in [1.54, 1.807) is 13.0 Å². The van der Waals surface area contributed by atoms with Crippen LogP contribution >= 0.6 is 0 Å². The molecule has 0 aliphatic carbocycles. The molecule has 0 bridgehead atoms. The zero-order valence-electron chi connectivity index (χ0n) is 11.0. The number of sulfone groups is 1. The quantitative estimate of drug-likeness (QED) is 0.840. The Balaban J connectivity index is 2.46. The molecule has 0 aromatic heterocycles. The Morgan fingerprint density at radius 3 is 2.48 bits per heavy atom. The minimum atomic E-state index is -5.08. The molecular formula is C13H12F3NO3S. The van der Waals surface area contributed by atoms with Crippen molar-refractivity contribution in [3.8, 4) is 0 Å². The second-order valence-electron chi connectivity index (χ2n) is 4.74. The Hall–Kier alpha value is -1.83. The van der Waals surface area contributed by atoms with Gasteiger partial charge in [0.05, 0.1) is 11.8 Å². The highest BCUT2D eigenvalue weighted by Gasteiger charge is 2.46. The summed E-state index contributed by atoms with van der Waals surface area (Å²) in [6, 6.07) is 4.76. The molecule has 0 saturated heterocycles. The van der Waals surface area contributed by atoms with E-state index in [4.69, 9.17) is 0 Å². The predicted molar refractivity (Wildman–Crippen MR) is 71.4 cm³/mol. The first-order valence-electron chi connectivity index (χ1n) is 5.98. The average Bonchev–Trinajstić information content (AvgIpc) is 2.68. The van der Waals surface area contributed by atoms with Gasteiger partial charge in [-0.05, 0) is 30.7 Å². The molecule has 0 fully saturated rings. The maximum Gasteiger partial charge on any atom is 0.471 e. The molecule has 1 aromatic carbocycles. The number of alkyl halides is 3. The lowest BCUT2D eigenvalue weighted by atomic mass is 10.1. The van der Waals surface area contributed by atoms with Crippen LogP contribution in [0.2, 0.25) is 0 Å². The molecule has 1 unspecified atom stereocenters. The summed E-state index contributed by atoms with van der Waals surface area (Å²) in [5, 5.41) is 0.837.